The number of alkyl carbamates (subject to hydrolysis) is 2. The highest BCUT2D eigenvalue weighted by Crippen LogP contribution is 2.35. The number of nitrogens with one attached hydrogen (secondary N) is 4. The first-order valence-corrected chi connectivity index (χ1v) is 19.4. The second kappa shape index (κ2) is 16.5. The van der Waals surface area contributed by atoms with Crippen molar-refractivity contribution in [2.24, 2.45) is 11.8 Å². The number of carbonyl (C=O) groups is 4. The van der Waals surface area contributed by atoms with E-state index in [0.29, 0.717) is 41.7 Å². The Morgan fingerprint density at radius 3 is 1.68 bits per heavy atom. The van der Waals surface area contributed by atoms with E-state index in [2.05, 4.69) is 30.6 Å². The maximum atomic E-state index is 13.6. The molecule has 300 valence electrons. The van der Waals surface area contributed by atoms with Gasteiger partial charge in [0.15, 0.2) is 5.58 Å². The lowest BCUT2D eigenvalue weighted by Gasteiger charge is -2.30. The number of fused-ring (bicyclic) bond motifs is 1. The first kappa shape index (κ1) is 39.1. The standard InChI is InChI=1S/C41H49N9O7/c1-22(2)33(47-40(53)55-5)38(51)49-17-7-9-30(49)35-42-20-28(44-35)24-11-13-25(14-12-24)37-46-27-19-26(15-16-32(27)57-37)29-21-43-36(45-29)31-10-8-18-50(31)39(52)34(23(3)4)48-41(54)56-6/h11-16,19-23,30-31,33-34H,7-10,17-18H2,1-6H3,(H,42,44)(H,43,45)(H,47,53)(H,48,54)/t30-,31-,33-,34-/m0/s1. The van der Waals surface area contributed by atoms with Crippen molar-refractivity contribution in [2.75, 3.05) is 27.3 Å². The maximum Gasteiger partial charge on any atom is 0.407 e. The summed E-state index contributed by atoms with van der Waals surface area (Å²) in [6, 6.07) is 11.7. The minimum Gasteiger partial charge on any atom is -0.453 e. The molecule has 2 aliphatic rings. The number of imidazole rings is 2. The third kappa shape index (κ3) is 8.07. The number of methoxy groups -OCH3 is 2. The minimum atomic E-state index is -0.708. The van der Waals surface area contributed by atoms with Gasteiger partial charge in [-0.1, -0.05) is 39.8 Å². The number of H-pyrrole nitrogens is 2. The number of amides is 4. The molecule has 2 aromatic carbocycles. The van der Waals surface area contributed by atoms with Crippen molar-refractivity contribution in [3.63, 3.8) is 0 Å². The lowest BCUT2D eigenvalue weighted by molar-refractivity contribution is -0.136. The van der Waals surface area contributed by atoms with E-state index in [4.69, 9.17) is 18.9 Å². The summed E-state index contributed by atoms with van der Waals surface area (Å²) in [4.78, 5) is 75.6. The predicted octanol–water partition coefficient (Wildman–Crippen LogP) is 6.36. The van der Waals surface area contributed by atoms with Crippen LogP contribution in [0.3, 0.4) is 0 Å². The number of likely N-dealkylation sites (tertiary alicyclic amines) is 2. The Morgan fingerprint density at radius 1 is 0.719 bits per heavy atom. The van der Waals surface area contributed by atoms with Crippen molar-refractivity contribution < 1.29 is 33.1 Å². The van der Waals surface area contributed by atoms with E-state index < -0.39 is 24.3 Å². The molecule has 5 heterocycles. The second-order valence-electron chi connectivity index (χ2n) is 15.2. The summed E-state index contributed by atoms with van der Waals surface area (Å²) in [6.45, 7) is 8.71. The number of benzene rings is 2. The Hall–Kier alpha value is -6.19. The van der Waals surface area contributed by atoms with E-state index in [0.717, 1.165) is 53.8 Å². The number of aromatic amines is 2. The number of nitrogens with zero attached hydrogens (tertiary/aromatic N) is 5. The quantitative estimate of drug-likeness (QED) is 0.117. The molecule has 0 spiro atoms. The van der Waals surface area contributed by atoms with Crippen LogP contribution in [0.4, 0.5) is 9.59 Å². The average Bonchev–Trinajstić information content (AvgIpc) is 4.06. The summed E-state index contributed by atoms with van der Waals surface area (Å²) < 4.78 is 15.7. The van der Waals surface area contributed by atoms with Crippen molar-refractivity contribution in [2.45, 2.75) is 77.5 Å². The molecule has 3 aromatic heterocycles. The number of ether oxygens (including phenoxy) is 2. The van der Waals surface area contributed by atoms with E-state index in [1.54, 1.807) is 22.2 Å². The van der Waals surface area contributed by atoms with Gasteiger partial charge in [0.1, 0.15) is 29.2 Å². The highest BCUT2D eigenvalue weighted by molar-refractivity contribution is 5.87. The molecule has 2 aliphatic heterocycles. The van der Waals surface area contributed by atoms with Crippen molar-refractivity contribution >= 4 is 35.1 Å². The molecule has 5 aromatic rings. The summed E-state index contributed by atoms with van der Waals surface area (Å²) in [7, 11) is 2.56. The molecule has 2 fully saturated rings. The Bertz CT molecular complexity index is 2240. The highest BCUT2D eigenvalue weighted by Gasteiger charge is 2.39. The summed E-state index contributed by atoms with van der Waals surface area (Å²) in [5, 5.41) is 5.37. The first-order chi connectivity index (χ1) is 27.4. The molecular formula is C41H49N9O7. The largest absolute Gasteiger partial charge is 0.453 e. The van der Waals surface area contributed by atoms with Crippen molar-refractivity contribution in [1.82, 2.24) is 45.4 Å². The minimum absolute atomic E-state index is 0.118. The van der Waals surface area contributed by atoms with E-state index >= 15 is 0 Å². The Balaban J connectivity index is 1.03. The zero-order valence-corrected chi connectivity index (χ0v) is 33.0. The Labute approximate surface area is 330 Å². The van der Waals surface area contributed by atoms with Crippen LogP contribution in [-0.4, -0.2) is 98.1 Å². The first-order valence-electron chi connectivity index (χ1n) is 19.4. The molecule has 0 unspecified atom stereocenters. The summed E-state index contributed by atoms with van der Waals surface area (Å²) >= 11 is 0. The Kier molecular flexibility index (Phi) is 11.3. The van der Waals surface area contributed by atoms with Crippen LogP contribution < -0.4 is 10.6 Å². The smallest absolute Gasteiger partial charge is 0.407 e. The topological polar surface area (TPSA) is 201 Å². The fourth-order valence-electron chi connectivity index (χ4n) is 7.70. The van der Waals surface area contributed by atoms with Gasteiger partial charge in [0.25, 0.3) is 0 Å². The molecule has 16 heteroatoms. The number of aromatic nitrogens is 5. The fraction of sp³-hybridized carbons (Fsp3) is 0.439. The summed E-state index contributed by atoms with van der Waals surface area (Å²) in [5.41, 5.74) is 5.51. The lowest BCUT2D eigenvalue weighted by atomic mass is 10.0. The molecule has 16 nitrogen and oxygen atoms in total. The summed E-state index contributed by atoms with van der Waals surface area (Å²) in [6.07, 6.45) is 5.43. The van der Waals surface area contributed by atoms with E-state index in [-0.39, 0.29) is 35.7 Å². The zero-order valence-electron chi connectivity index (χ0n) is 33.0. The van der Waals surface area contributed by atoms with Crippen LogP contribution in [0.25, 0.3) is 45.1 Å². The van der Waals surface area contributed by atoms with Gasteiger partial charge in [-0.05, 0) is 73.4 Å². The number of rotatable bonds is 11. The van der Waals surface area contributed by atoms with Crippen LogP contribution >= 0.6 is 0 Å². The van der Waals surface area contributed by atoms with E-state index in [9.17, 15) is 19.2 Å². The third-order valence-electron chi connectivity index (χ3n) is 10.8. The molecule has 4 atom stereocenters. The van der Waals surface area contributed by atoms with Crippen molar-refractivity contribution in [3.05, 3.63) is 66.5 Å². The Morgan fingerprint density at radius 2 is 1.19 bits per heavy atom. The third-order valence-corrected chi connectivity index (χ3v) is 10.8. The van der Waals surface area contributed by atoms with Crippen LogP contribution in [-0.2, 0) is 19.1 Å². The molecule has 0 radical (unpaired) electrons. The molecule has 4 N–H and O–H groups in total. The maximum absolute atomic E-state index is 13.6. The highest BCUT2D eigenvalue weighted by atomic mass is 16.5. The normalized spacial score (nSPS) is 18.0. The van der Waals surface area contributed by atoms with Crippen molar-refractivity contribution in [1.29, 1.82) is 0 Å². The molecule has 0 aliphatic carbocycles. The van der Waals surface area contributed by atoms with Crippen LogP contribution in [0.2, 0.25) is 0 Å². The monoisotopic (exact) mass is 779 g/mol. The molecule has 2 saturated heterocycles. The van der Waals surface area contributed by atoms with E-state index in [1.165, 1.54) is 14.2 Å². The van der Waals surface area contributed by atoms with Gasteiger partial charge in [0.05, 0.1) is 50.1 Å². The molecule has 0 bridgehead atoms. The number of oxazole rings is 1. The van der Waals surface area contributed by atoms with Crippen LogP contribution in [0.5, 0.6) is 0 Å². The van der Waals surface area contributed by atoms with Crippen LogP contribution in [0.15, 0.2) is 59.3 Å². The second-order valence-corrected chi connectivity index (χ2v) is 15.2. The molecule has 7 rings (SSSR count). The number of hydrogen-bond donors (Lipinski definition) is 4. The van der Waals surface area contributed by atoms with Gasteiger partial charge in [-0.15, -0.1) is 0 Å². The van der Waals surface area contributed by atoms with Gasteiger partial charge in [0.2, 0.25) is 17.7 Å². The van der Waals surface area contributed by atoms with Gasteiger partial charge in [-0.2, -0.15) is 0 Å². The number of hydrogen-bond acceptors (Lipinski definition) is 10. The SMILES string of the molecule is COC(=O)N[C@H](C(=O)N1CCC[C@H]1c1ncc(-c2ccc(-c3nc4cc(-c5cnc([C@@H]6CCCN6C(=O)[C@@H](NC(=O)OC)C(C)C)[nH]5)ccc4o3)cc2)[nH]1)C(C)C. The van der Waals surface area contributed by atoms with Crippen molar-refractivity contribution in [3.8, 4) is 34.0 Å². The van der Waals surface area contributed by atoms with Gasteiger partial charge in [0, 0.05) is 24.2 Å². The molecule has 57 heavy (non-hydrogen) atoms. The van der Waals surface area contributed by atoms with Gasteiger partial charge in [-0.25, -0.2) is 24.5 Å². The molecule has 0 saturated carbocycles. The zero-order chi connectivity index (χ0) is 40.4. The lowest BCUT2D eigenvalue weighted by Crippen LogP contribution is -2.51. The molecule has 4 amide bonds. The molecular weight excluding hydrogens is 731 g/mol. The summed E-state index contributed by atoms with van der Waals surface area (Å²) in [5.74, 6) is 1.30. The van der Waals surface area contributed by atoms with Crippen LogP contribution in [0, 0.1) is 11.8 Å². The van der Waals surface area contributed by atoms with Crippen LogP contribution in [0.1, 0.15) is 77.1 Å². The van der Waals surface area contributed by atoms with E-state index in [1.807, 2.05) is 70.2 Å². The fourth-order valence-corrected chi connectivity index (χ4v) is 7.70. The van der Waals surface area contributed by atoms with Gasteiger partial charge in [-0.3, -0.25) is 9.59 Å². The van der Waals surface area contributed by atoms with Gasteiger partial charge < -0.3 is 44.3 Å². The number of carbonyl (C=O) groups excluding carboxylic acids is 4. The predicted molar refractivity (Wildman–Crippen MR) is 210 cm³/mol. The average molecular weight is 780 g/mol. The van der Waals surface area contributed by atoms with Gasteiger partial charge >= 0.3 is 12.2 Å².